The van der Waals surface area contributed by atoms with E-state index >= 15 is 0 Å². The van der Waals surface area contributed by atoms with E-state index in [0.29, 0.717) is 11.6 Å². The summed E-state index contributed by atoms with van der Waals surface area (Å²) in [4.78, 5) is 19.0. The highest BCUT2D eigenvalue weighted by Crippen LogP contribution is 2.19. The summed E-state index contributed by atoms with van der Waals surface area (Å²) in [6.07, 6.45) is 2.73. The fourth-order valence-corrected chi connectivity index (χ4v) is 2.20. The molecular formula is C13H14N4O. The minimum Gasteiger partial charge on any atom is -0.399 e. The quantitative estimate of drug-likeness (QED) is 0.698. The molecule has 0 atom stereocenters. The van der Waals surface area contributed by atoms with Crippen molar-refractivity contribution in [3.05, 3.63) is 45.9 Å². The number of hydrogen-bond donors (Lipinski definition) is 3. The van der Waals surface area contributed by atoms with Crippen LogP contribution in [0.3, 0.4) is 0 Å². The third kappa shape index (κ3) is 1.95. The Bertz CT molecular complexity index is 630. The van der Waals surface area contributed by atoms with Crippen molar-refractivity contribution in [3.8, 4) is 0 Å². The van der Waals surface area contributed by atoms with Gasteiger partial charge in [0.1, 0.15) is 0 Å². The van der Waals surface area contributed by atoms with E-state index in [9.17, 15) is 4.79 Å². The van der Waals surface area contributed by atoms with Crippen LogP contribution < -0.4 is 16.6 Å². The van der Waals surface area contributed by atoms with Gasteiger partial charge in [-0.25, -0.2) is 4.98 Å². The van der Waals surface area contributed by atoms with Gasteiger partial charge >= 0.3 is 0 Å². The first-order chi connectivity index (χ1) is 8.72. The number of aryl methyl sites for hydroxylation is 1. The van der Waals surface area contributed by atoms with E-state index in [-0.39, 0.29) is 5.56 Å². The van der Waals surface area contributed by atoms with E-state index in [4.69, 9.17) is 5.73 Å². The standard InChI is InChI=1S/C13H14N4O/c14-8-4-6-9(7-5-8)15-13-16-11-3-1-2-10(11)12(18)17-13/h4-7H,1-3,14H2,(H2,15,16,17,18). The number of hydrogen-bond acceptors (Lipinski definition) is 4. The lowest BCUT2D eigenvalue weighted by Gasteiger charge is -2.07. The molecule has 5 heteroatoms. The Kier molecular flexibility index (Phi) is 2.51. The van der Waals surface area contributed by atoms with Gasteiger partial charge in [0.15, 0.2) is 0 Å². The molecule has 1 aromatic carbocycles. The molecule has 18 heavy (non-hydrogen) atoms. The predicted octanol–water partition coefficient (Wildman–Crippen LogP) is 1.58. The van der Waals surface area contributed by atoms with Crippen molar-refractivity contribution in [2.75, 3.05) is 11.1 Å². The first kappa shape index (κ1) is 10.8. The largest absolute Gasteiger partial charge is 0.399 e. The molecule has 0 unspecified atom stereocenters. The molecule has 0 aliphatic heterocycles. The van der Waals surface area contributed by atoms with Crippen molar-refractivity contribution in [2.45, 2.75) is 19.3 Å². The number of nitrogen functional groups attached to an aromatic ring is 1. The number of nitrogens with one attached hydrogen (secondary N) is 2. The summed E-state index contributed by atoms with van der Waals surface area (Å²) >= 11 is 0. The van der Waals surface area contributed by atoms with Crippen molar-refractivity contribution in [2.24, 2.45) is 0 Å². The van der Waals surface area contributed by atoms with E-state index in [1.165, 1.54) is 0 Å². The smallest absolute Gasteiger partial charge is 0.255 e. The van der Waals surface area contributed by atoms with Gasteiger partial charge in [-0.1, -0.05) is 0 Å². The molecule has 0 amide bonds. The molecule has 2 aromatic rings. The van der Waals surface area contributed by atoms with Crippen LogP contribution in [0.4, 0.5) is 17.3 Å². The number of benzene rings is 1. The molecule has 1 aliphatic rings. The van der Waals surface area contributed by atoms with Crippen molar-refractivity contribution >= 4 is 17.3 Å². The van der Waals surface area contributed by atoms with Crippen molar-refractivity contribution < 1.29 is 0 Å². The van der Waals surface area contributed by atoms with Gasteiger partial charge in [0.2, 0.25) is 5.95 Å². The summed E-state index contributed by atoms with van der Waals surface area (Å²) in [7, 11) is 0. The van der Waals surface area contributed by atoms with E-state index in [1.807, 2.05) is 12.1 Å². The molecule has 0 bridgehead atoms. The maximum atomic E-state index is 11.8. The van der Waals surface area contributed by atoms with Crippen molar-refractivity contribution in [1.82, 2.24) is 9.97 Å². The number of H-pyrrole nitrogens is 1. The molecule has 5 nitrogen and oxygen atoms in total. The Balaban J connectivity index is 1.92. The number of nitrogens with two attached hydrogens (primary N) is 1. The fraction of sp³-hybridized carbons (Fsp3) is 0.231. The zero-order valence-corrected chi connectivity index (χ0v) is 9.86. The summed E-state index contributed by atoms with van der Waals surface area (Å²) in [5, 5.41) is 3.08. The molecule has 4 N–H and O–H groups in total. The van der Waals surface area contributed by atoms with Crippen molar-refractivity contribution in [1.29, 1.82) is 0 Å². The normalized spacial score (nSPS) is 13.3. The molecule has 92 valence electrons. The van der Waals surface area contributed by atoms with Crippen LogP contribution in [-0.4, -0.2) is 9.97 Å². The number of anilines is 3. The second-order valence-corrected chi connectivity index (χ2v) is 4.44. The Labute approximate surface area is 104 Å². The van der Waals surface area contributed by atoms with Gasteiger partial charge in [-0.05, 0) is 43.5 Å². The fourth-order valence-electron chi connectivity index (χ4n) is 2.20. The molecule has 0 spiro atoms. The third-order valence-corrected chi connectivity index (χ3v) is 3.11. The van der Waals surface area contributed by atoms with Gasteiger partial charge in [0.05, 0.1) is 5.69 Å². The van der Waals surface area contributed by atoms with Gasteiger partial charge in [-0.15, -0.1) is 0 Å². The molecule has 0 fully saturated rings. The Morgan fingerprint density at radius 1 is 1.22 bits per heavy atom. The van der Waals surface area contributed by atoms with Crippen molar-refractivity contribution in [3.63, 3.8) is 0 Å². The lowest BCUT2D eigenvalue weighted by atomic mass is 10.2. The van der Waals surface area contributed by atoms with E-state index in [0.717, 1.165) is 36.2 Å². The van der Waals surface area contributed by atoms with E-state index < -0.39 is 0 Å². The highest BCUT2D eigenvalue weighted by atomic mass is 16.1. The average molecular weight is 242 g/mol. The summed E-state index contributed by atoms with van der Waals surface area (Å²) < 4.78 is 0. The number of aromatic nitrogens is 2. The number of fused-ring (bicyclic) bond motifs is 1. The zero-order valence-electron chi connectivity index (χ0n) is 9.86. The van der Waals surface area contributed by atoms with Crippen LogP contribution >= 0.6 is 0 Å². The highest BCUT2D eigenvalue weighted by Gasteiger charge is 2.16. The lowest BCUT2D eigenvalue weighted by molar-refractivity contribution is 0.899. The lowest BCUT2D eigenvalue weighted by Crippen LogP contribution is -2.16. The number of aromatic amines is 1. The molecule has 0 saturated carbocycles. The van der Waals surface area contributed by atoms with E-state index in [1.54, 1.807) is 12.1 Å². The second-order valence-electron chi connectivity index (χ2n) is 4.44. The molecule has 0 saturated heterocycles. The van der Waals surface area contributed by atoms with Crippen LogP contribution in [0.15, 0.2) is 29.1 Å². The topological polar surface area (TPSA) is 83.8 Å². The Hall–Kier alpha value is -2.30. The molecule has 1 heterocycles. The molecular weight excluding hydrogens is 228 g/mol. The molecule has 3 rings (SSSR count). The van der Waals surface area contributed by atoms with Crippen LogP contribution in [0.1, 0.15) is 17.7 Å². The number of rotatable bonds is 2. The molecule has 1 aliphatic carbocycles. The molecule has 0 radical (unpaired) electrons. The zero-order chi connectivity index (χ0) is 12.5. The first-order valence-electron chi connectivity index (χ1n) is 5.97. The third-order valence-electron chi connectivity index (χ3n) is 3.11. The monoisotopic (exact) mass is 242 g/mol. The average Bonchev–Trinajstić information content (AvgIpc) is 2.81. The van der Waals surface area contributed by atoms with Gasteiger partial charge in [0.25, 0.3) is 5.56 Å². The predicted molar refractivity (Wildman–Crippen MR) is 71.0 cm³/mol. The van der Waals surface area contributed by atoms with Crippen LogP contribution in [-0.2, 0) is 12.8 Å². The number of nitrogens with zero attached hydrogens (tertiary/aromatic N) is 1. The van der Waals surface area contributed by atoms with Crippen LogP contribution in [0.5, 0.6) is 0 Å². The highest BCUT2D eigenvalue weighted by molar-refractivity contribution is 5.57. The van der Waals surface area contributed by atoms with Gasteiger partial charge in [0, 0.05) is 16.9 Å². The summed E-state index contributed by atoms with van der Waals surface area (Å²) in [6.45, 7) is 0. The Morgan fingerprint density at radius 3 is 2.78 bits per heavy atom. The minimum absolute atomic E-state index is 0.0320. The maximum absolute atomic E-state index is 11.8. The maximum Gasteiger partial charge on any atom is 0.255 e. The van der Waals surface area contributed by atoms with E-state index in [2.05, 4.69) is 15.3 Å². The second kappa shape index (κ2) is 4.18. The van der Waals surface area contributed by atoms with Crippen LogP contribution in [0.25, 0.3) is 0 Å². The summed E-state index contributed by atoms with van der Waals surface area (Å²) in [5.41, 5.74) is 8.89. The van der Waals surface area contributed by atoms with Gasteiger partial charge in [-0.3, -0.25) is 9.78 Å². The van der Waals surface area contributed by atoms with Crippen LogP contribution in [0, 0.1) is 0 Å². The minimum atomic E-state index is -0.0320. The summed E-state index contributed by atoms with van der Waals surface area (Å²) in [6, 6.07) is 7.30. The van der Waals surface area contributed by atoms with Gasteiger partial charge in [-0.2, -0.15) is 0 Å². The summed E-state index contributed by atoms with van der Waals surface area (Å²) in [5.74, 6) is 0.491. The SMILES string of the molecule is Nc1ccc(Nc2nc3c(c(=O)[nH]2)CCC3)cc1. The first-order valence-corrected chi connectivity index (χ1v) is 5.97. The Morgan fingerprint density at radius 2 is 2.00 bits per heavy atom. The molecule has 1 aromatic heterocycles. The van der Waals surface area contributed by atoms with Gasteiger partial charge < -0.3 is 11.1 Å². The van der Waals surface area contributed by atoms with Crippen LogP contribution in [0.2, 0.25) is 0 Å².